The van der Waals surface area contributed by atoms with Crippen LogP contribution in [0, 0.1) is 0 Å². The standard InChI is InChI=1S/C9H11N5/c1-2-7-3-5-8(6-4-7)14-9(10)11-12-13-14/h3-6H,2H2,1H3,(H2,10,11,13). The third-order valence-corrected chi connectivity index (χ3v) is 2.08. The number of hydrogen-bond donors (Lipinski definition) is 1. The van der Waals surface area contributed by atoms with Crippen molar-refractivity contribution >= 4 is 5.95 Å². The van der Waals surface area contributed by atoms with Gasteiger partial charge in [0.25, 0.3) is 0 Å². The Hall–Kier alpha value is -1.91. The number of tetrazole rings is 1. The van der Waals surface area contributed by atoms with Crippen molar-refractivity contribution < 1.29 is 0 Å². The zero-order valence-corrected chi connectivity index (χ0v) is 7.88. The van der Waals surface area contributed by atoms with E-state index in [0.29, 0.717) is 5.95 Å². The van der Waals surface area contributed by atoms with Gasteiger partial charge >= 0.3 is 0 Å². The molecule has 5 nitrogen and oxygen atoms in total. The molecule has 2 N–H and O–H groups in total. The number of anilines is 1. The van der Waals surface area contributed by atoms with Gasteiger partial charge in [-0.05, 0) is 34.5 Å². The Bertz CT molecular complexity index is 417. The molecule has 1 aromatic heterocycles. The molecule has 0 fully saturated rings. The average molecular weight is 189 g/mol. The van der Waals surface area contributed by atoms with E-state index in [-0.39, 0.29) is 0 Å². The maximum atomic E-state index is 5.57. The number of nitrogens with two attached hydrogens (primary N) is 1. The molecular weight excluding hydrogens is 178 g/mol. The van der Waals surface area contributed by atoms with Crippen molar-refractivity contribution in [3.63, 3.8) is 0 Å². The lowest BCUT2D eigenvalue weighted by Crippen LogP contribution is -2.02. The minimum Gasteiger partial charge on any atom is -0.366 e. The van der Waals surface area contributed by atoms with Gasteiger partial charge in [0.2, 0.25) is 5.95 Å². The number of nitrogen functional groups attached to an aromatic ring is 1. The largest absolute Gasteiger partial charge is 0.366 e. The van der Waals surface area contributed by atoms with Gasteiger partial charge in [-0.3, -0.25) is 0 Å². The maximum Gasteiger partial charge on any atom is 0.245 e. The van der Waals surface area contributed by atoms with E-state index >= 15 is 0 Å². The van der Waals surface area contributed by atoms with Crippen LogP contribution in [-0.4, -0.2) is 20.2 Å². The highest BCUT2D eigenvalue weighted by Gasteiger charge is 2.02. The number of benzene rings is 1. The quantitative estimate of drug-likeness (QED) is 0.758. The molecule has 0 saturated carbocycles. The van der Waals surface area contributed by atoms with E-state index in [9.17, 15) is 0 Å². The Labute approximate surface area is 81.5 Å². The van der Waals surface area contributed by atoms with E-state index in [1.54, 1.807) is 0 Å². The van der Waals surface area contributed by atoms with Gasteiger partial charge in [0.1, 0.15) is 0 Å². The van der Waals surface area contributed by atoms with Crippen LogP contribution in [0.15, 0.2) is 24.3 Å². The molecule has 0 aliphatic carbocycles. The highest BCUT2D eigenvalue weighted by atomic mass is 15.6. The second kappa shape index (κ2) is 3.45. The van der Waals surface area contributed by atoms with Crippen LogP contribution in [0.5, 0.6) is 0 Å². The molecule has 0 aliphatic heterocycles. The number of rotatable bonds is 2. The third kappa shape index (κ3) is 1.44. The third-order valence-electron chi connectivity index (χ3n) is 2.08. The zero-order valence-electron chi connectivity index (χ0n) is 7.88. The highest BCUT2D eigenvalue weighted by molar-refractivity contribution is 5.37. The summed E-state index contributed by atoms with van der Waals surface area (Å²) in [7, 11) is 0. The second-order valence-corrected chi connectivity index (χ2v) is 2.97. The summed E-state index contributed by atoms with van der Waals surface area (Å²) in [6.45, 7) is 2.11. The molecule has 2 rings (SSSR count). The first-order chi connectivity index (χ1) is 6.81. The fourth-order valence-electron chi connectivity index (χ4n) is 1.25. The van der Waals surface area contributed by atoms with Crippen LogP contribution in [0.4, 0.5) is 5.95 Å². The first-order valence-corrected chi connectivity index (χ1v) is 4.44. The normalized spacial score (nSPS) is 10.4. The summed E-state index contributed by atoms with van der Waals surface area (Å²) in [5.74, 6) is 0.300. The van der Waals surface area contributed by atoms with Crippen LogP contribution < -0.4 is 5.73 Å². The molecule has 2 aromatic rings. The summed E-state index contributed by atoms with van der Waals surface area (Å²) in [5, 5.41) is 10.9. The van der Waals surface area contributed by atoms with Crippen molar-refractivity contribution in [1.82, 2.24) is 20.2 Å². The molecule has 0 radical (unpaired) electrons. The van der Waals surface area contributed by atoms with Crippen LogP contribution in [0.25, 0.3) is 5.69 Å². The van der Waals surface area contributed by atoms with Crippen molar-refractivity contribution in [2.45, 2.75) is 13.3 Å². The predicted molar refractivity (Wildman–Crippen MR) is 52.9 cm³/mol. The summed E-state index contributed by atoms with van der Waals surface area (Å²) in [6, 6.07) is 7.98. The molecule has 14 heavy (non-hydrogen) atoms. The second-order valence-electron chi connectivity index (χ2n) is 2.97. The minimum absolute atomic E-state index is 0.300. The average Bonchev–Trinajstić information content (AvgIpc) is 2.65. The molecule has 0 unspecified atom stereocenters. The van der Waals surface area contributed by atoms with Crippen molar-refractivity contribution in [3.8, 4) is 5.69 Å². The van der Waals surface area contributed by atoms with Gasteiger partial charge in [-0.25, -0.2) is 0 Å². The summed E-state index contributed by atoms with van der Waals surface area (Å²) in [6.07, 6.45) is 1.02. The predicted octanol–water partition coefficient (Wildman–Crippen LogP) is 0.807. The van der Waals surface area contributed by atoms with Gasteiger partial charge in [-0.15, -0.1) is 0 Å². The molecule has 0 amide bonds. The van der Waals surface area contributed by atoms with Crippen LogP contribution in [-0.2, 0) is 6.42 Å². The van der Waals surface area contributed by atoms with Crippen LogP contribution >= 0.6 is 0 Å². The molecule has 0 bridgehead atoms. The molecule has 0 atom stereocenters. The molecule has 0 spiro atoms. The van der Waals surface area contributed by atoms with E-state index in [0.717, 1.165) is 12.1 Å². The zero-order chi connectivity index (χ0) is 9.97. The maximum absolute atomic E-state index is 5.57. The van der Waals surface area contributed by atoms with Crippen LogP contribution in [0.1, 0.15) is 12.5 Å². The van der Waals surface area contributed by atoms with E-state index in [4.69, 9.17) is 5.73 Å². The summed E-state index contributed by atoms with van der Waals surface area (Å²) in [5.41, 5.74) is 7.73. The molecule has 0 aliphatic rings. The Balaban J connectivity index is 2.39. The van der Waals surface area contributed by atoms with Crippen molar-refractivity contribution in [1.29, 1.82) is 0 Å². The summed E-state index contributed by atoms with van der Waals surface area (Å²) in [4.78, 5) is 0. The number of aromatic nitrogens is 4. The molecule has 72 valence electrons. The summed E-state index contributed by atoms with van der Waals surface area (Å²) >= 11 is 0. The van der Waals surface area contributed by atoms with Crippen molar-refractivity contribution in [2.24, 2.45) is 0 Å². The number of nitrogens with zero attached hydrogens (tertiary/aromatic N) is 4. The fraction of sp³-hybridized carbons (Fsp3) is 0.222. The lowest BCUT2D eigenvalue weighted by Gasteiger charge is -2.01. The molecule has 1 aromatic carbocycles. The van der Waals surface area contributed by atoms with E-state index in [2.05, 4.69) is 22.4 Å². The van der Waals surface area contributed by atoms with Gasteiger partial charge in [-0.1, -0.05) is 24.2 Å². The van der Waals surface area contributed by atoms with Crippen molar-refractivity contribution in [2.75, 3.05) is 5.73 Å². The Morgan fingerprint density at radius 3 is 2.50 bits per heavy atom. The topological polar surface area (TPSA) is 69.6 Å². The van der Waals surface area contributed by atoms with E-state index in [1.165, 1.54) is 10.2 Å². The van der Waals surface area contributed by atoms with Gasteiger partial charge in [0, 0.05) is 0 Å². The van der Waals surface area contributed by atoms with Gasteiger partial charge in [0.05, 0.1) is 5.69 Å². The van der Waals surface area contributed by atoms with Gasteiger partial charge in [0.15, 0.2) is 0 Å². The molecular formula is C9H11N5. The monoisotopic (exact) mass is 189 g/mol. The van der Waals surface area contributed by atoms with E-state index < -0.39 is 0 Å². The first-order valence-electron chi connectivity index (χ1n) is 4.44. The van der Waals surface area contributed by atoms with E-state index in [1.807, 2.05) is 24.3 Å². The molecule has 0 saturated heterocycles. The Morgan fingerprint density at radius 1 is 1.29 bits per heavy atom. The smallest absolute Gasteiger partial charge is 0.245 e. The fourth-order valence-corrected chi connectivity index (χ4v) is 1.25. The van der Waals surface area contributed by atoms with Gasteiger partial charge in [-0.2, -0.15) is 4.68 Å². The minimum atomic E-state index is 0.300. The lowest BCUT2D eigenvalue weighted by molar-refractivity contribution is 0.791. The Morgan fingerprint density at radius 2 is 2.00 bits per heavy atom. The van der Waals surface area contributed by atoms with Crippen LogP contribution in [0.2, 0.25) is 0 Å². The SMILES string of the molecule is CCc1ccc(-n2nnnc2N)cc1. The van der Waals surface area contributed by atoms with Gasteiger partial charge < -0.3 is 5.73 Å². The highest BCUT2D eigenvalue weighted by Crippen LogP contribution is 2.10. The van der Waals surface area contributed by atoms with Crippen LogP contribution in [0.3, 0.4) is 0 Å². The first kappa shape index (κ1) is 8.68. The number of hydrogen-bond acceptors (Lipinski definition) is 4. The lowest BCUT2D eigenvalue weighted by atomic mass is 10.1. The Kier molecular flexibility index (Phi) is 2.14. The number of aryl methyl sites for hydroxylation is 1. The van der Waals surface area contributed by atoms with Crippen molar-refractivity contribution in [3.05, 3.63) is 29.8 Å². The molecule has 1 heterocycles. The summed E-state index contributed by atoms with van der Waals surface area (Å²) < 4.78 is 1.50. The molecule has 5 heteroatoms.